The molecule has 0 saturated carbocycles. The summed E-state index contributed by atoms with van der Waals surface area (Å²) in [6.45, 7) is 0. The van der Waals surface area contributed by atoms with Gasteiger partial charge in [0.25, 0.3) is 0 Å². The summed E-state index contributed by atoms with van der Waals surface area (Å²) in [4.78, 5) is 3.96. The zero-order valence-electron chi connectivity index (χ0n) is 13.4. The first kappa shape index (κ1) is 17.5. The lowest BCUT2D eigenvalue weighted by molar-refractivity contribution is -0.274. The van der Waals surface area contributed by atoms with E-state index in [1.54, 1.807) is 0 Å². The van der Waals surface area contributed by atoms with Crippen LogP contribution in [0.2, 0.25) is 0 Å². The zero-order chi connectivity index (χ0) is 18.4. The van der Waals surface area contributed by atoms with Gasteiger partial charge < -0.3 is 4.74 Å². The van der Waals surface area contributed by atoms with Crippen LogP contribution in [0, 0.1) is 0 Å². The number of nitrogens with zero attached hydrogens (tertiary/aromatic N) is 2. The van der Waals surface area contributed by atoms with E-state index in [-0.39, 0.29) is 11.6 Å². The van der Waals surface area contributed by atoms with Crippen LogP contribution in [-0.2, 0) is 0 Å². The van der Waals surface area contributed by atoms with Gasteiger partial charge >= 0.3 is 6.36 Å². The number of halogens is 3. The second-order valence-electron chi connectivity index (χ2n) is 5.23. The van der Waals surface area contributed by atoms with Crippen LogP contribution in [0.25, 0.3) is 0 Å². The number of hydrazone groups is 1. The number of ether oxygens (including phenoxy) is 1. The lowest BCUT2D eigenvalue weighted by atomic mass is 10.0. The molecule has 0 fully saturated rings. The molecule has 1 N–H and O–H groups in total. The van der Waals surface area contributed by atoms with Crippen LogP contribution in [-0.4, -0.2) is 17.1 Å². The Morgan fingerprint density at radius 3 is 2.00 bits per heavy atom. The first-order valence-corrected chi connectivity index (χ1v) is 7.67. The van der Waals surface area contributed by atoms with Gasteiger partial charge in [-0.05, 0) is 6.07 Å². The molecular formula is C19H14F3N3O. The van der Waals surface area contributed by atoms with E-state index in [0.717, 1.165) is 23.3 Å². The Bertz CT molecular complexity index is 840. The van der Waals surface area contributed by atoms with Crippen molar-refractivity contribution in [2.75, 3.05) is 5.43 Å². The van der Waals surface area contributed by atoms with Crippen LogP contribution >= 0.6 is 0 Å². The Morgan fingerprint density at radius 1 is 0.885 bits per heavy atom. The van der Waals surface area contributed by atoms with Gasteiger partial charge in [0.05, 0.1) is 5.71 Å². The van der Waals surface area contributed by atoms with Gasteiger partial charge in [-0.1, -0.05) is 60.7 Å². The third-order valence-corrected chi connectivity index (χ3v) is 3.34. The lowest BCUT2D eigenvalue weighted by Gasteiger charge is -2.10. The molecular weight excluding hydrogens is 343 g/mol. The van der Waals surface area contributed by atoms with Gasteiger partial charge in [0.2, 0.25) is 0 Å². The molecule has 26 heavy (non-hydrogen) atoms. The van der Waals surface area contributed by atoms with Crippen LogP contribution in [0.15, 0.2) is 84.1 Å². The van der Waals surface area contributed by atoms with Gasteiger partial charge in [0.15, 0.2) is 0 Å². The van der Waals surface area contributed by atoms with Gasteiger partial charge in [-0.25, -0.2) is 4.98 Å². The minimum absolute atomic E-state index is 0.135. The van der Waals surface area contributed by atoms with Gasteiger partial charge in [-0.15, -0.1) is 13.2 Å². The van der Waals surface area contributed by atoms with Gasteiger partial charge in [0, 0.05) is 23.4 Å². The number of pyridine rings is 1. The van der Waals surface area contributed by atoms with Crippen molar-refractivity contribution in [2.24, 2.45) is 5.10 Å². The average Bonchev–Trinajstić information content (AvgIpc) is 2.63. The summed E-state index contributed by atoms with van der Waals surface area (Å²) < 4.78 is 40.9. The van der Waals surface area contributed by atoms with Crippen molar-refractivity contribution in [3.05, 3.63) is 90.1 Å². The number of alkyl halides is 3. The minimum atomic E-state index is -4.76. The predicted molar refractivity (Wildman–Crippen MR) is 93.1 cm³/mol. The molecule has 0 amide bonds. The monoisotopic (exact) mass is 357 g/mol. The molecule has 132 valence electrons. The number of hydrogen-bond acceptors (Lipinski definition) is 4. The SMILES string of the molecule is FC(F)(F)Oc1ccnc(NN=C(c2ccccc2)c2ccccc2)c1. The van der Waals surface area contributed by atoms with Crippen molar-refractivity contribution in [3.8, 4) is 5.75 Å². The molecule has 1 heterocycles. The Morgan fingerprint density at radius 2 is 1.46 bits per heavy atom. The summed E-state index contributed by atoms with van der Waals surface area (Å²) in [6, 6.07) is 21.1. The van der Waals surface area contributed by atoms with E-state index in [4.69, 9.17) is 0 Å². The summed E-state index contributed by atoms with van der Waals surface area (Å²) in [7, 11) is 0. The summed E-state index contributed by atoms with van der Waals surface area (Å²) >= 11 is 0. The Hall–Kier alpha value is -3.35. The maximum Gasteiger partial charge on any atom is 0.573 e. The van der Waals surface area contributed by atoms with E-state index in [0.29, 0.717) is 5.71 Å². The van der Waals surface area contributed by atoms with Crippen molar-refractivity contribution in [2.45, 2.75) is 6.36 Å². The second-order valence-corrected chi connectivity index (χ2v) is 5.23. The average molecular weight is 357 g/mol. The molecule has 3 aromatic rings. The standard InChI is InChI=1S/C19H14F3N3O/c20-19(21,22)26-16-11-12-23-17(13-16)24-25-18(14-7-3-1-4-8-14)15-9-5-2-6-10-15/h1-13H,(H,23,24). The van der Waals surface area contributed by atoms with Crippen LogP contribution in [0.1, 0.15) is 11.1 Å². The van der Waals surface area contributed by atoms with E-state index < -0.39 is 6.36 Å². The first-order chi connectivity index (χ1) is 12.5. The Labute approximate surface area is 148 Å². The molecule has 0 aliphatic heterocycles. The van der Waals surface area contributed by atoms with Crippen molar-refractivity contribution in [1.82, 2.24) is 4.98 Å². The molecule has 0 unspecified atom stereocenters. The molecule has 3 rings (SSSR count). The Kier molecular flexibility index (Phi) is 5.17. The highest BCUT2D eigenvalue weighted by atomic mass is 19.4. The van der Waals surface area contributed by atoms with Crippen molar-refractivity contribution >= 4 is 11.5 Å². The largest absolute Gasteiger partial charge is 0.573 e. The number of rotatable bonds is 5. The number of hydrogen-bond donors (Lipinski definition) is 1. The zero-order valence-corrected chi connectivity index (χ0v) is 13.4. The molecule has 7 heteroatoms. The number of anilines is 1. The smallest absolute Gasteiger partial charge is 0.406 e. The normalized spacial score (nSPS) is 10.9. The highest BCUT2D eigenvalue weighted by molar-refractivity contribution is 6.13. The molecule has 0 radical (unpaired) electrons. The molecule has 2 aromatic carbocycles. The quantitative estimate of drug-likeness (QED) is 0.525. The van der Waals surface area contributed by atoms with Crippen LogP contribution < -0.4 is 10.2 Å². The fourth-order valence-electron chi connectivity index (χ4n) is 2.27. The number of nitrogens with one attached hydrogen (secondary N) is 1. The van der Waals surface area contributed by atoms with E-state index in [1.165, 1.54) is 6.20 Å². The molecule has 4 nitrogen and oxygen atoms in total. The van der Waals surface area contributed by atoms with Crippen LogP contribution in [0.5, 0.6) is 5.75 Å². The molecule has 0 saturated heterocycles. The first-order valence-electron chi connectivity index (χ1n) is 7.67. The summed E-state index contributed by atoms with van der Waals surface area (Å²) in [5.74, 6) is -0.234. The fraction of sp³-hybridized carbons (Fsp3) is 0.0526. The molecule has 0 spiro atoms. The third kappa shape index (κ3) is 4.83. The van der Waals surface area contributed by atoms with E-state index in [2.05, 4.69) is 20.2 Å². The Balaban J connectivity index is 1.89. The molecule has 0 aliphatic carbocycles. The van der Waals surface area contributed by atoms with E-state index >= 15 is 0 Å². The molecule has 1 aromatic heterocycles. The topological polar surface area (TPSA) is 46.5 Å². The molecule has 0 atom stereocenters. The van der Waals surface area contributed by atoms with Crippen molar-refractivity contribution in [3.63, 3.8) is 0 Å². The third-order valence-electron chi connectivity index (χ3n) is 3.34. The van der Waals surface area contributed by atoms with Crippen molar-refractivity contribution < 1.29 is 17.9 Å². The van der Waals surface area contributed by atoms with Crippen molar-refractivity contribution in [1.29, 1.82) is 0 Å². The fourth-order valence-corrected chi connectivity index (χ4v) is 2.27. The summed E-state index contributed by atoms with van der Waals surface area (Å²) in [6.07, 6.45) is -3.55. The van der Waals surface area contributed by atoms with Crippen LogP contribution in [0.3, 0.4) is 0 Å². The second kappa shape index (κ2) is 7.69. The van der Waals surface area contributed by atoms with Gasteiger partial charge in [-0.2, -0.15) is 5.10 Å². The lowest BCUT2D eigenvalue weighted by Crippen LogP contribution is -2.17. The van der Waals surface area contributed by atoms with Gasteiger partial charge in [-0.3, -0.25) is 5.43 Å². The minimum Gasteiger partial charge on any atom is -0.406 e. The predicted octanol–water partition coefficient (Wildman–Crippen LogP) is 4.84. The maximum atomic E-state index is 12.3. The highest BCUT2D eigenvalue weighted by Crippen LogP contribution is 2.24. The van der Waals surface area contributed by atoms with Crippen LogP contribution in [0.4, 0.5) is 19.0 Å². The number of aromatic nitrogens is 1. The molecule has 0 aliphatic rings. The van der Waals surface area contributed by atoms with E-state index in [1.807, 2.05) is 60.7 Å². The van der Waals surface area contributed by atoms with E-state index in [9.17, 15) is 13.2 Å². The highest BCUT2D eigenvalue weighted by Gasteiger charge is 2.31. The van der Waals surface area contributed by atoms with Gasteiger partial charge in [0.1, 0.15) is 11.6 Å². The number of benzene rings is 2. The molecule has 0 bridgehead atoms. The maximum absolute atomic E-state index is 12.3. The summed E-state index contributed by atoms with van der Waals surface area (Å²) in [5, 5.41) is 4.34. The summed E-state index contributed by atoms with van der Waals surface area (Å²) in [5.41, 5.74) is 5.04.